The van der Waals surface area contributed by atoms with Gasteiger partial charge in [0.15, 0.2) is 0 Å². The van der Waals surface area contributed by atoms with Crippen LogP contribution in [0.1, 0.15) is 5.56 Å². The van der Waals surface area contributed by atoms with Crippen LogP contribution in [0.2, 0.25) is 10.2 Å². The maximum Gasteiger partial charge on any atom is 0.129 e. The normalized spacial score (nSPS) is 9.90. The molecule has 0 bridgehead atoms. The second-order valence-corrected chi connectivity index (χ2v) is 2.79. The molecule has 1 aromatic rings. The third-order valence-electron chi connectivity index (χ3n) is 1.05. The Morgan fingerprint density at radius 3 is 2.60 bits per heavy atom. The van der Waals surface area contributed by atoms with Crippen LogP contribution in [-0.2, 0) is 5.88 Å². The van der Waals surface area contributed by atoms with E-state index in [0.29, 0.717) is 16.1 Å². The summed E-state index contributed by atoms with van der Waals surface area (Å²) in [5.74, 6) is 0.362. The van der Waals surface area contributed by atoms with E-state index in [-0.39, 0.29) is 0 Å². The first-order chi connectivity index (χ1) is 4.74. The average Bonchev–Trinajstić information content (AvgIpc) is 1.94. The molecule has 0 aliphatic heterocycles. The van der Waals surface area contributed by atoms with Crippen molar-refractivity contribution in [2.75, 3.05) is 0 Å². The maximum absolute atomic E-state index is 5.69. The number of halogens is 3. The van der Waals surface area contributed by atoms with E-state index in [1.807, 2.05) is 0 Å². The van der Waals surface area contributed by atoms with Crippen LogP contribution in [0.3, 0.4) is 0 Å². The van der Waals surface area contributed by atoms with Crippen LogP contribution < -0.4 is 0 Å². The number of alkyl halides is 1. The molecule has 0 radical (unpaired) electrons. The van der Waals surface area contributed by atoms with Gasteiger partial charge in [0.2, 0.25) is 0 Å². The van der Waals surface area contributed by atoms with Crippen LogP contribution in [-0.4, -0.2) is 4.98 Å². The van der Waals surface area contributed by atoms with E-state index >= 15 is 0 Å². The lowest BCUT2D eigenvalue weighted by atomic mass is 10.3. The van der Waals surface area contributed by atoms with Crippen molar-refractivity contribution in [1.29, 1.82) is 0 Å². The molecule has 0 aliphatic carbocycles. The van der Waals surface area contributed by atoms with Gasteiger partial charge < -0.3 is 0 Å². The minimum atomic E-state index is 0.362. The molecular formula is C6H4Cl3N. The monoisotopic (exact) mass is 195 g/mol. The van der Waals surface area contributed by atoms with Crippen LogP contribution in [0.4, 0.5) is 0 Å². The van der Waals surface area contributed by atoms with Crippen molar-refractivity contribution < 1.29 is 0 Å². The second-order valence-electron chi connectivity index (χ2n) is 1.73. The van der Waals surface area contributed by atoms with E-state index in [0.717, 1.165) is 5.56 Å². The van der Waals surface area contributed by atoms with Crippen LogP contribution in [0.25, 0.3) is 0 Å². The van der Waals surface area contributed by atoms with Crippen molar-refractivity contribution in [1.82, 2.24) is 4.98 Å². The molecule has 0 spiro atoms. The Kier molecular flexibility index (Phi) is 2.78. The molecule has 0 aliphatic rings. The fourth-order valence-corrected chi connectivity index (χ4v) is 1.19. The molecule has 0 N–H and O–H groups in total. The highest BCUT2D eigenvalue weighted by Gasteiger charge is 1.99. The molecule has 0 unspecified atom stereocenters. The summed E-state index contributed by atoms with van der Waals surface area (Å²) in [5, 5.41) is 0.972. The molecule has 0 saturated carbocycles. The van der Waals surface area contributed by atoms with Crippen LogP contribution in [0, 0.1) is 0 Å². The van der Waals surface area contributed by atoms with Gasteiger partial charge in [0, 0.05) is 12.1 Å². The third-order valence-corrected chi connectivity index (χ3v) is 1.88. The van der Waals surface area contributed by atoms with E-state index in [1.54, 1.807) is 6.07 Å². The highest BCUT2D eigenvalue weighted by molar-refractivity contribution is 6.33. The van der Waals surface area contributed by atoms with Crippen molar-refractivity contribution in [3.8, 4) is 0 Å². The standard InChI is InChI=1S/C6H4Cl3N/c7-2-4-1-6(9)10-3-5(4)8/h1,3H,2H2. The lowest BCUT2D eigenvalue weighted by molar-refractivity contribution is 1.27. The molecular weight excluding hydrogens is 192 g/mol. The first kappa shape index (κ1) is 8.12. The molecule has 0 fully saturated rings. The minimum absolute atomic E-state index is 0.362. The number of aromatic nitrogens is 1. The van der Waals surface area contributed by atoms with Crippen molar-refractivity contribution in [3.63, 3.8) is 0 Å². The zero-order valence-electron chi connectivity index (χ0n) is 4.94. The Balaban J connectivity index is 3.09. The summed E-state index contributed by atoms with van der Waals surface area (Å²) in [6.07, 6.45) is 1.49. The number of pyridine rings is 1. The Bertz CT molecular complexity index is 236. The van der Waals surface area contributed by atoms with Gasteiger partial charge in [-0.3, -0.25) is 0 Å². The van der Waals surface area contributed by atoms with Gasteiger partial charge in [-0.2, -0.15) is 0 Å². The lowest BCUT2D eigenvalue weighted by Gasteiger charge is -1.97. The minimum Gasteiger partial charge on any atom is -0.243 e. The highest BCUT2D eigenvalue weighted by atomic mass is 35.5. The van der Waals surface area contributed by atoms with Crippen LogP contribution in [0.15, 0.2) is 12.3 Å². The predicted octanol–water partition coefficient (Wildman–Crippen LogP) is 3.13. The summed E-state index contributed by atoms with van der Waals surface area (Å²) in [7, 11) is 0. The zero-order chi connectivity index (χ0) is 7.56. The molecule has 4 heteroatoms. The third kappa shape index (κ3) is 1.75. The van der Waals surface area contributed by atoms with Gasteiger partial charge in [0.05, 0.1) is 5.02 Å². The van der Waals surface area contributed by atoms with Crippen molar-refractivity contribution >= 4 is 34.8 Å². The zero-order valence-corrected chi connectivity index (χ0v) is 7.21. The van der Waals surface area contributed by atoms with E-state index in [2.05, 4.69) is 4.98 Å². The van der Waals surface area contributed by atoms with Gasteiger partial charge in [0.25, 0.3) is 0 Å². The van der Waals surface area contributed by atoms with Crippen molar-refractivity contribution in [2.45, 2.75) is 5.88 Å². The SMILES string of the molecule is ClCc1cc(Cl)ncc1Cl. The first-order valence-electron chi connectivity index (χ1n) is 2.60. The summed E-state index contributed by atoms with van der Waals surface area (Å²) in [4.78, 5) is 3.76. The molecule has 0 saturated heterocycles. The van der Waals surface area contributed by atoms with Gasteiger partial charge >= 0.3 is 0 Å². The molecule has 1 heterocycles. The van der Waals surface area contributed by atoms with Crippen molar-refractivity contribution in [2.24, 2.45) is 0 Å². The van der Waals surface area contributed by atoms with Crippen LogP contribution >= 0.6 is 34.8 Å². The smallest absolute Gasteiger partial charge is 0.129 e. The first-order valence-corrected chi connectivity index (χ1v) is 3.89. The predicted molar refractivity (Wildman–Crippen MR) is 43.8 cm³/mol. The summed E-state index contributed by atoms with van der Waals surface area (Å²) < 4.78 is 0. The lowest BCUT2D eigenvalue weighted by Crippen LogP contribution is -1.82. The Labute approximate surface area is 73.9 Å². The highest BCUT2D eigenvalue weighted by Crippen LogP contribution is 2.19. The largest absolute Gasteiger partial charge is 0.243 e. The molecule has 1 aromatic heterocycles. The van der Waals surface area contributed by atoms with Gasteiger partial charge in [-0.1, -0.05) is 23.2 Å². The number of rotatable bonds is 1. The van der Waals surface area contributed by atoms with Crippen molar-refractivity contribution in [3.05, 3.63) is 28.0 Å². The average molecular weight is 196 g/mol. The van der Waals surface area contributed by atoms with Gasteiger partial charge in [-0.15, -0.1) is 11.6 Å². The Morgan fingerprint density at radius 1 is 1.40 bits per heavy atom. The molecule has 1 rings (SSSR count). The van der Waals surface area contributed by atoms with Gasteiger partial charge in [-0.25, -0.2) is 4.98 Å². The fourth-order valence-electron chi connectivity index (χ4n) is 0.554. The fraction of sp³-hybridized carbons (Fsp3) is 0.167. The molecule has 0 aromatic carbocycles. The quantitative estimate of drug-likeness (QED) is 0.497. The molecule has 1 nitrogen and oxygen atoms in total. The number of nitrogens with zero attached hydrogens (tertiary/aromatic N) is 1. The van der Waals surface area contributed by atoms with Gasteiger partial charge in [-0.05, 0) is 11.6 Å². The number of hydrogen-bond donors (Lipinski definition) is 0. The Morgan fingerprint density at radius 2 is 2.10 bits per heavy atom. The molecule has 54 valence electrons. The van der Waals surface area contributed by atoms with Gasteiger partial charge in [0.1, 0.15) is 5.15 Å². The van der Waals surface area contributed by atoms with Crippen LogP contribution in [0.5, 0.6) is 0 Å². The Hall–Kier alpha value is 0.0200. The second kappa shape index (κ2) is 3.42. The topological polar surface area (TPSA) is 12.9 Å². The van der Waals surface area contributed by atoms with E-state index in [9.17, 15) is 0 Å². The summed E-state index contributed by atoms with van der Waals surface area (Å²) >= 11 is 16.8. The molecule has 0 atom stereocenters. The summed E-state index contributed by atoms with van der Waals surface area (Å²) in [6, 6.07) is 1.65. The molecule has 10 heavy (non-hydrogen) atoms. The maximum atomic E-state index is 5.69. The molecule has 0 amide bonds. The number of hydrogen-bond acceptors (Lipinski definition) is 1. The summed E-state index contributed by atoms with van der Waals surface area (Å²) in [6.45, 7) is 0. The summed E-state index contributed by atoms with van der Waals surface area (Å²) in [5.41, 5.74) is 0.809. The van der Waals surface area contributed by atoms with E-state index in [1.165, 1.54) is 6.20 Å². The van der Waals surface area contributed by atoms with E-state index in [4.69, 9.17) is 34.8 Å². The van der Waals surface area contributed by atoms with E-state index < -0.39 is 0 Å².